The van der Waals surface area contributed by atoms with Gasteiger partial charge >= 0.3 is 0 Å². The second-order valence-corrected chi connectivity index (χ2v) is 6.30. The molecule has 2 rings (SSSR count). The minimum atomic E-state index is 0.121. The van der Waals surface area contributed by atoms with Gasteiger partial charge in [-0.2, -0.15) is 0 Å². The summed E-state index contributed by atoms with van der Waals surface area (Å²) in [6.45, 7) is 4.31. The van der Waals surface area contributed by atoms with Crippen LogP contribution in [-0.4, -0.2) is 19.3 Å². The Bertz CT molecular complexity index is 437. The Morgan fingerprint density at radius 2 is 1.95 bits per heavy atom. The van der Waals surface area contributed by atoms with Crippen LogP contribution in [0.3, 0.4) is 0 Å². The molecule has 0 radical (unpaired) electrons. The summed E-state index contributed by atoms with van der Waals surface area (Å²) in [6, 6.07) is 6.20. The molecular formula is C18H29NO2. The average molecular weight is 291 g/mol. The van der Waals surface area contributed by atoms with E-state index in [1.54, 1.807) is 7.11 Å². The molecule has 1 aromatic rings. The molecule has 1 atom stereocenters. The van der Waals surface area contributed by atoms with E-state index < -0.39 is 0 Å². The lowest BCUT2D eigenvalue weighted by atomic mass is 9.86. The molecule has 21 heavy (non-hydrogen) atoms. The third kappa shape index (κ3) is 4.37. The molecule has 0 amide bonds. The zero-order valence-electron chi connectivity index (χ0n) is 13.6. The van der Waals surface area contributed by atoms with E-state index in [4.69, 9.17) is 15.2 Å². The summed E-state index contributed by atoms with van der Waals surface area (Å²) in [5.74, 6) is 2.61. The maximum absolute atomic E-state index is 6.32. The maximum Gasteiger partial charge on any atom is 0.164 e. The van der Waals surface area contributed by atoms with Gasteiger partial charge in [-0.25, -0.2) is 0 Å². The fraction of sp³-hybridized carbons (Fsp3) is 0.667. The van der Waals surface area contributed by atoms with E-state index in [1.165, 1.54) is 19.3 Å². The standard InChI is InChI=1S/C18H29NO2/c1-4-14-8-10-16(11-9-14)21-18-15(12-13(2)19)6-5-7-17(18)20-3/h5-7,13-14,16H,4,8-12,19H2,1-3H3. The summed E-state index contributed by atoms with van der Waals surface area (Å²) in [6.07, 6.45) is 7.27. The van der Waals surface area contributed by atoms with E-state index in [2.05, 4.69) is 13.0 Å². The summed E-state index contributed by atoms with van der Waals surface area (Å²) in [5, 5.41) is 0. The minimum absolute atomic E-state index is 0.121. The smallest absolute Gasteiger partial charge is 0.164 e. The van der Waals surface area contributed by atoms with Gasteiger partial charge in [0, 0.05) is 6.04 Å². The first kappa shape index (κ1) is 16.2. The Hall–Kier alpha value is -1.22. The average Bonchev–Trinajstić information content (AvgIpc) is 2.49. The lowest BCUT2D eigenvalue weighted by Crippen LogP contribution is -2.25. The van der Waals surface area contributed by atoms with Gasteiger partial charge in [-0.15, -0.1) is 0 Å². The molecule has 1 aliphatic carbocycles. The maximum atomic E-state index is 6.32. The fourth-order valence-electron chi connectivity index (χ4n) is 3.19. The van der Waals surface area contributed by atoms with E-state index in [0.29, 0.717) is 6.10 Å². The first-order chi connectivity index (χ1) is 10.1. The molecule has 1 saturated carbocycles. The minimum Gasteiger partial charge on any atom is -0.493 e. The largest absolute Gasteiger partial charge is 0.493 e. The molecule has 0 aromatic heterocycles. The van der Waals surface area contributed by atoms with Gasteiger partial charge < -0.3 is 15.2 Å². The molecule has 3 heteroatoms. The molecule has 1 fully saturated rings. The SMILES string of the molecule is CCC1CCC(Oc2c(CC(C)N)cccc2OC)CC1. The summed E-state index contributed by atoms with van der Waals surface area (Å²) in [7, 11) is 1.70. The number of benzene rings is 1. The molecule has 1 aliphatic rings. The zero-order chi connectivity index (χ0) is 15.2. The molecule has 0 bridgehead atoms. The van der Waals surface area contributed by atoms with Gasteiger partial charge in [0.25, 0.3) is 0 Å². The van der Waals surface area contributed by atoms with Crippen molar-refractivity contribution in [1.82, 2.24) is 0 Å². The zero-order valence-corrected chi connectivity index (χ0v) is 13.6. The predicted molar refractivity (Wildman–Crippen MR) is 87.0 cm³/mol. The van der Waals surface area contributed by atoms with Gasteiger partial charge in [-0.05, 0) is 56.6 Å². The third-order valence-electron chi connectivity index (χ3n) is 4.48. The fourth-order valence-corrected chi connectivity index (χ4v) is 3.19. The van der Waals surface area contributed by atoms with Crippen molar-refractivity contribution >= 4 is 0 Å². The number of nitrogens with two attached hydrogens (primary N) is 1. The molecule has 3 nitrogen and oxygen atoms in total. The quantitative estimate of drug-likeness (QED) is 0.863. The van der Waals surface area contributed by atoms with Crippen LogP contribution in [-0.2, 0) is 6.42 Å². The van der Waals surface area contributed by atoms with Gasteiger partial charge in [0.2, 0.25) is 0 Å². The molecule has 2 N–H and O–H groups in total. The molecule has 1 unspecified atom stereocenters. The number of hydrogen-bond acceptors (Lipinski definition) is 3. The van der Waals surface area contributed by atoms with Crippen molar-refractivity contribution in [3.8, 4) is 11.5 Å². The lowest BCUT2D eigenvalue weighted by Gasteiger charge is -2.29. The summed E-state index contributed by atoms with van der Waals surface area (Å²) in [4.78, 5) is 0. The molecule has 0 heterocycles. The monoisotopic (exact) mass is 291 g/mol. The van der Waals surface area contributed by atoms with Crippen molar-refractivity contribution < 1.29 is 9.47 Å². The number of para-hydroxylation sites is 1. The van der Waals surface area contributed by atoms with E-state index >= 15 is 0 Å². The second-order valence-electron chi connectivity index (χ2n) is 6.30. The Balaban J connectivity index is 2.10. The predicted octanol–water partition coefficient (Wildman–Crippen LogP) is 3.93. The topological polar surface area (TPSA) is 44.5 Å². The number of ether oxygens (including phenoxy) is 2. The third-order valence-corrected chi connectivity index (χ3v) is 4.48. The Kier molecular flexibility index (Phi) is 5.92. The summed E-state index contributed by atoms with van der Waals surface area (Å²) >= 11 is 0. The highest BCUT2D eigenvalue weighted by Crippen LogP contribution is 2.36. The van der Waals surface area contributed by atoms with Gasteiger partial charge in [0.05, 0.1) is 13.2 Å². The Morgan fingerprint density at radius 1 is 1.24 bits per heavy atom. The van der Waals surface area contributed by atoms with Crippen molar-refractivity contribution in [1.29, 1.82) is 0 Å². The van der Waals surface area contributed by atoms with E-state index in [0.717, 1.165) is 42.2 Å². The van der Waals surface area contributed by atoms with Crippen molar-refractivity contribution in [2.75, 3.05) is 7.11 Å². The van der Waals surface area contributed by atoms with Gasteiger partial charge in [0.1, 0.15) is 0 Å². The number of methoxy groups -OCH3 is 1. The van der Waals surface area contributed by atoms with Crippen LogP contribution in [0.2, 0.25) is 0 Å². The van der Waals surface area contributed by atoms with Crippen LogP contribution >= 0.6 is 0 Å². The van der Waals surface area contributed by atoms with Gasteiger partial charge in [-0.1, -0.05) is 25.5 Å². The highest BCUT2D eigenvalue weighted by Gasteiger charge is 2.23. The second kappa shape index (κ2) is 7.69. The van der Waals surface area contributed by atoms with Crippen LogP contribution in [0.25, 0.3) is 0 Å². The summed E-state index contributed by atoms with van der Waals surface area (Å²) < 4.78 is 11.8. The van der Waals surface area contributed by atoms with Crippen molar-refractivity contribution in [3.63, 3.8) is 0 Å². The highest BCUT2D eigenvalue weighted by molar-refractivity contribution is 5.47. The van der Waals surface area contributed by atoms with Crippen LogP contribution < -0.4 is 15.2 Å². The number of rotatable bonds is 6. The molecule has 0 spiro atoms. The molecular weight excluding hydrogens is 262 g/mol. The van der Waals surface area contributed by atoms with Crippen LogP contribution in [0.1, 0.15) is 51.5 Å². The Morgan fingerprint density at radius 3 is 2.52 bits per heavy atom. The normalized spacial score (nSPS) is 23.6. The van der Waals surface area contributed by atoms with Gasteiger partial charge in [-0.3, -0.25) is 0 Å². The first-order valence-corrected chi connectivity index (χ1v) is 8.22. The number of hydrogen-bond donors (Lipinski definition) is 1. The van der Waals surface area contributed by atoms with Gasteiger partial charge in [0.15, 0.2) is 11.5 Å². The Labute approximate surface area is 128 Å². The molecule has 0 saturated heterocycles. The van der Waals surface area contributed by atoms with Crippen LogP contribution in [0.15, 0.2) is 18.2 Å². The van der Waals surface area contributed by atoms with Crippen LogP contribution in [0.5, 0.6) is 11.5 Å². The highest BCUT2D eigenvalue weighted by atomic mass is 16.5. The first-order valence-electron chi connectivity index (χ1n) is 8.22. The van der Waals surface area contributed by atoms with Crippen LogP contribution in [0, 0.1) is 5.92 Å². The van der Waals surface area contributed by atoms with E-state index in [-0.39, 0.29) is 6.04 Å². The molecule has 118 valence electrons. The van der Waals surface area contributed by atoms with Crippen molar-refractivity contribution in [3.05, 3.63) is 23.8 Å². The van der Waals surface area contributed by atoms with Crippen LogP contribution in [0.4, 0.5) is 0 Å². The lowest BCUT2D eigenvalue weighted by molar-refractivity contribution is 0.124. The molecule has 1 aromatic carbocycles. The van der Waals surface area contributed by atoms with Crippen molar-refractivity contribution in [2.24, 2.45) is 11.7 Å². The van der Waals surface area contributed by atoms with E-state index in [9.17, 15) is 0 Å². The van der Waals surface area contributed by atoms with Crippen molar-refractivity contribution in [2.45, 2.75) is 64.5 Å². The van der Waals surface area contributed by atoms with E-state index in [1.807, 2.05) is 19.1 Å². The molecule has 0 aliphatic heterocycles. The summed E-state index contributed by atoms with van der Waals surface area (Å²) in [5.41, 5.74) is 7.11.